The quantitative estimate of drug-likeness (QED) is 0.824. The van der Waals surface area contributed by atoms with E-state index in [1.54, 1.807) is 11.3 Å². The minimum Gasteiger partial charge on any atom is -0.310 e. The van der Waals surface area contributed by atoms with Crippen molar-refractivity contribution in [3.05, 3.63) is 21.3 Å². The maximum atomic E-state index is 5.93. The van der Waals surface area contributed by atoms with Gasteiger partial charge in [-0.2, -0.15) is 0 Å². The summed E-state index contributed by atoms with van der Waals surface area (Å²) in [6.07, 6.45) is 0. The van der Waals surface area contributed by atoms with Crippen molar-refractivity contribution in [2.24, 2.45) is 11.3 Å². The SMILES string of the molecule is CC(NCC(C)C(C)(C)C)c1csc(Cl)c1. The Morgan fingerprint density at radius 2 is 2.00 bits per heavy atom. The largest absolute Gasteiger partial charge is 0.310 e. The van der Waals surface area contributed by atoms with Crippen LogP contribution in [-0.4, -0.2) is 6.54 Å². The maximum absolute atomic E-state index is 5.93. The first-order valence-electron chi connectivity index (χ1n) is 5.78. The van der Waals surface area contributed by atoms with Crippen molar-refractivity contribution in [2.75, 3.05) is 6.54 Å². The molecular formula is C13H22ClNS. The number of nitrogens with one attached hydrogen (secondary N) is 1. The zero-order chi connectivity index (χ0) is 12.3. The van der Waals surface area contributed by atoms with Gasteiger partial charge in [0.05, 0.1) is 4.34 Å². The maximum Gasteiger partial charge on any atom is 0.0931 e. The predicted octanol–water partition coefficient (Wildman–Crippen LogP) is 4.73. The van der Waals surface area contributed by atoms with Crippen molar-refractivity contribution in [1.82, 2.24) is 5.32 Å². The summed E-state index contributed by atoms with van der Waals surface area (Å²) in [5.74, 6) is 0.657. The van der Waals surface area contributed by atoms with Crippen molar-refractivity contribution >= 4 is 22.9 Å². The number of rotatable bonds is 4. The molecular weight excluding hydrogens is 238 g/mol. The van der Waals surface area contributed by atoms with Crippen LogP contribution in [0.5, 0.6) is 0 Å². The molecule has 0 amide bonds. The smallest absolute Gasteiger partial charge is 0.0931 e. The molecule has 92 valence electrons. The minimum absolute atomic E-state index is 0.360. The van der Waals surface area contributed by atoms with E-state index in [9.17, 15) is 0 Å². The first kappa shape index (κ1) is 14.0. The van der Waals surface area contributed by atoms with E-state index in [2.05, 4.69) is 45.3 Å². The Morgan fingerprint density at radius 1 is 1.38 bits per heavy atom. The van der Waals surface area contributed by atoms with Gasteiger partial charge < -0.3 is 5.32 Å². The highest BCUT2D eigenvalue weighted by Crippen LogP contribution is 2.27. The fraction of sp³-hybridized carbons (Fsp3) is 0.692. The van der Waals surface area contributed by atoms with Gasteiger partial charge in [-0.15, -0.1) is 11.3 Å². The Bertz CT molecular complexity index is 327. The molecule has 0 spiro atoms. The van der Waals surface area contributed by atoms with Gasteiger partial charge in [0.25, 0.3) is 0 Å². The Kier molecular flexibility index (Phi) is 4.84. The topological polar surface area (TPSA) is 12.0 Å². The molecule has 1 heterocycles. The standard InChI is InChI=1S/C13H22ClNS/c1-9(13(3,4)5)7-15-10(2)11-6-12(14)16-8-11/h6,8-10,15H,7H2,1-5H3. The molecule has 0 aromatic carbocycles. The third kappa shape index (κ3) is 4.08. The van der Waals surface area contributed by atoms with Crippen molar-refractivity contribution in [1.29, 1.82) is 0 Å². The summed E-state index contributed by atoms with van der Waals surface area (Å²) >= 11 is 7.53. The van der Waals surface area contributed by atoms with E-state index in [1.807, 2.05) is 6.07 Å². The van der Waals surface area contributed by atoms with E-state index in [0.717, 1.165) is 10.9 Å². The van der Waals surface area contributed by atoms with Gasteiger partial charge in [-0.25, -0.2) is 0 Å². The molecule has 0 aliphatic rings. The van der Waals surface area contributed by atoms with Gasteiger partial charge in [-0.3, -0.25) is 0 Å². The van der Waals surface area contributed by atoms with Crippen LogP contribution in [-0.2, 0) is 0 Å². The third-order valence-electron chi connectivity index (χ3n) is 3.30. The van der Waals surface area contributed by atoms with E-state index in [0.29, 0.717) is 17.4 Å². The lowest BCUT2D eigenvalue weighted by Crippen LogP contribution is -2.31. The van der Waals surface area contributed by atoms with Crippen LogP contribution in [0, 0.1) is 11.3 Å². The molecule has 0 aliphatic carbocycles. The summed E-state index contributed by atoms with van der Waals surface area (Å²) in [4.78, 5) is 0. The lowest BCUT2D eigenvalue weighted by Gasteiger charge is -2.28. The second kappa shape index (κ2) is 5.52. The van der Waals surface area contributed by atoms with E-state index < -0.39 is 0 Å². The lowest BCUT2D eigenvalue weighted by atomic mass is 9.82. The molecule has 0 aliphatic heterocycles. The second-order valence-electron chi connectivity index (χ2n) is 5.58. The van der Waals surface area contributed by atoms with E-state index in [4.69, 9.17) is 11.6 Å². The molecule has 0 saturated heterocycles. The fourth-order valence-electron chi connectivity index (χ4n) is 1.33. The number of halogens is 1. The lowest BCUT2D eigenvalue weighted by molar-refractivity contribution is 0.247. The molecule has 2 atom stereocenters. The molecule has 0 radical (unpaired) electrons. The Labute approximate surface area is 108 Å². The van der Waals surface area contributed by atoms with E-state index >= 15 is 0 Å². The second-order valence-corrected chi connectivity index (χ2v) is 7.12. The molecule has 1 rings (SSSR count). The molecule has 1 nitrogen and oxygen atoms in total. The van der Waals surface area contributed by atoms with Crippen LogP contribution >= 0.6 is 22.9 Å². The van der Waals surface area contributed by atoms with E-state index in [-0.39, 0.29) is 0 Å². The first-order chi connectivity index (χ1) is 7.30. The normalized spacial score (nSPS) is 16.1. The highest BCUT2D eigenvalue weighted by Gasteiger charge is 2.20. The summed E-state index contributed by atoms with van der Waals surface area (Å²) in [5, 5.41) is 5.69. The van der Waals surface area contributed by atoms with Crippen LogP contribution in [0.15, 0.2) is 11.4 Å². The molecule has 1 aromatic heterocycles. The van der Waals surface area contributed by atoms with Gasteiger partial charge in [0.2, 0.25) is 0 Å². The Morgan fingerprint density at radius 3 is 2.44 bits per heavy atom. The minimum atomic E-state index is 0.360. The highest BCUT2D eigenvalue weighted by atomic mass is 35.5. The summed E-state index contributed by atoms with van der Waals surface area (Å²) in [5.41, 5.74) is 1.65. The molecule has 0 fully saturated rings. The molecule has 16 heavy (non-hydrogen) atoms. The summed E-state index contributed by atoms with van der Waals surface area (Å²) < 4.78 is 0.868. The fourth-order valence-corrected chi connectivity index (χ4v) is 2.31. The highest BCUT2D eigenvalue weighted by molar-refractivity contribution is 7.14. The van der Waals surface area contributed by atoms with Gasteiger partial charge in [0.1, 0.15) is 0 Å². The van der Waals surface area contributed by atoms with Crippen LogP contribution in [0.25, 0.3) is 0 Å². The van der Waals surface area contributed by atoms with Crippen LogP contribution in [0.2, 0.25) is 4.34 Å². The van der Waals surface area contributed by atoms with Gasteiger partial charge >= 0.3 is 0 Å². The zero-order valence-electron chi connectivity index (χ0n) is 10.8. The number of hydrogen-bond acceptors (Lipinski definition) is 2. The summed E-state index contributed by atoms with van der Waals surface area (Å²) in [7, 11) is 0. The van der Waals surface area contributed by atoms with Crippen molar-refractivity contribution in [2.45, 2.75) is 40.7 Å². The van der Waals surface area contributed by atoms with Gasteiger partial charge in [-0.1, -0.05) is 39.3 Å². The first-order valence-corrected chi connectivity index (χ1v) is 7.03. The van der Waals surface area contributed by atoms with E-state index in [1.165, 1.54) is 5.56 Å². The third-order valence-corrected chi connectivity index (χ3v) is 4.41. The molecule has 0 bridgehead atoms. The van der Waals surface area contributed by atoms with Crippen LogP contribution in [0.4, 0.5) is 0 Å². The average molecular weight is 260 g/mol. The van der Waals surface area contributed by atoms with Crippen LogP contribution in [0.3, 0.4) is 0 Å². The van der Waals surface area contributed by atoms with Crippen LogP contribution < -0.4 is 5.32 Å². The Balaban J connectivity index is 2.44. The molecule has 3 heteroatoms. The van der Waals surface area contributed by atoms with Gasteiger partial charge in [-0.05, 0) is 41.8 Å². The van der Waals surface area contributed by atoms with Crippen molar-refractivity contribution < 1.29 is 0 Å². The molecule has 1 aromatic rings. The average Bonchev–Trinajstić information content (AvgIpc) is 2.59. The van der Waals surface area contributed by atoms with Crippen LogP contribution in [0.1, 0.15) is 46.2 Å². The van der Waals surface area contributed by atoms with Gasteiger partial charge in [0.15, 0.2) is 0 Å². The molecule has 1 N–H and O–H groups in total. The summed E-state index contributed by atoms with van der Waals surface area (Å²) in [6, 6.07) is 2.43. The van der Waals surface area contributed by atoms with Crippen molar-refractivity contribution in [3.63, 3.8) is 0 Å². The van der Waals surface area contributed by atoms with Gasteiger partial charge in [0, 0.05) is 6.04 Å². The monoisotopic (exact) mass is 259 g/mol. The molecule has 0 saturated carbocycles. The predicted molar refractivity (Wildman–Crippen MR) is 74.4 cm³/mol. The van der Waals surface area contributed by atoms with Crippen molar-refractivity contribution in [3.8, 4) is 0 Å². The number of hydrogen-bond donors (Lipinski definition) is 1. The number of thiophene rings is 1. The molecule has 2 unspecified atom stereocenters. The zero-order valence-corrected chi connectivity index (χ0v) is 12.4. The summed E-state index contributed by atoms with van der Waals surface area (Å²) in [6.45, 7) is 12.4. The Hall–Kier alpha value is -0.0500.